The molecule has 2 amide bonds. The molecule has 0 atom stereocenters. The zero-order valence-electron chi connectivity index (χ0n) is 14.6. The van der Waals surface area contributed by atoms with Crippen molar-refractivity contribution >= 4 is 34.0 Å². The van der Waals surface area contributed by atoms with Crippen LogP contribution in [0.15, 0.2) is 53.9 Å². The average Bonchev–Trinajstić information content (AvgIpc) is 3.01. The molecule has 0 aliphatic carbocycles. The summed E-state index contributed by atoms with van der Waals surface area (Å²) in [5, 5.41) is 7.90. The van der Waals surface area contributed by atoms with Crippen molar-refractivity contribution in [2.45, 2.75) is 20.3 Å². The molecule has 0 aliphatic rings. The molecule has 3 aromatic rings. The van der Waals surface area contributed by atoms with Crippen LogP contribution in [-0.4, -0.2) is 16.8 Å². The summed E-state index contributed by atoms with van der Waals surface area (Å²) in [6.45, 7) is 3.98. The van der Waals surface area contributed by atoms with Gasteiger partial charge >= 0.3 is 0 Å². The molecule has 0 saturated carbocycles. The van der Waals surface area contributed by atoms with Gasteiger partial charge in [0.25, 0.3) is 5.91 Å². The summed E-state index contributed by atoms with van der Waals surface area (Å²) in [4.78, 5) is 28.7. The first kappa shape index (κ1) is 17.8. The minimum atomic E-state index is -0.216. The summed E-state index contributed by atoms with van der Waals surface area (Å²) < 4.78 is 0. The predicted molar refractivity (Wildman–Crippen MR) is 105 cm³/mol. The van der Waals surface area contributed by atoms with Crippen LogP contribution in [0.3, 0.4) is 0 Å². The summed E-state index contributed by atoms with van der Waals surface area (Å²) >= 11 is 1.30. The smallest absolute Gasteiger partial charge is 0.257 e. The Morgan fingerprint density at radius 3 is 2.38 bits per heavy atom. The minimum absolute atomic E-state index is 0.138. The van der Waals surface area contributed by atoms with E-state index in [0.29, 0.717) is 16.4 Å². The van der Waals surface area contributed by atoms with E-state index in [2.05, 4.69) is 21.7 Å². The number of benzene rings is 2. The van der Waals surface area contributed by atoms with Gasteiger partial charge in [-0.15, -0.1) is 11.3 Å². The summed E-state index contributed by atoms with van der Waals surface area (Å²) in [5.74, 6) is -0.354. The molecule has 6 heteroatoms. The molecule has 1 aromatic heterocycles. The number of aryl methyl sites for hydroxylation is 2. The Labute approximate surface area is 156 Å². The SMILES string of the molecule is Cc1cc(C)cc(NC(=O)Cc2csc(NC(=O)c3ccccc3)n2)c1. The van der Waals surface area contributed by atoms with E-state index in [0.717, 1.165) is 16.8 Å². The maximum atomic E-state index is 12.2. The van der Waals surface area contributed by atoms with E-state index in [4.69, 9.17) is 0 Å². The lowest BCUT2D eigenvalue weighted by atomic mass is 10.1. The van der Waals surface area contributed by atoms with Crippen molar-refractivity contribution in [2.75, 3.05) is 10.6 Å². The summed E-state index contributed by atoms with van der Waals surface area (Å²) in [6, 6.07) is 14.8. The highest BCUT2D eigenvalue weighted by Gasteiger charge is 2.11. The summed E-state index contributed by atoms with van der Waals surface area (Å²) in [7, 11) is 0. The normalized spacial score (nSPS) is 10.4. The Bertz CT molecular complexity index is 915. The molecule has 0 radical (unpaired) electrons. The fourth-order valence-electron chi connectivity index (χ4n) is 2.62. The second kappa shape index (κ2) is 7.93. The third-order valence-corrected chi connectivity index (χ3v) is 4.46. The number of aromatic nitrogens is 1. The van der Waals surface area contributed by atoms with E-state index in [1.54, 1.807) is 29.6 Å². The highest BCUT2D eigenvalue weighted by molar-refractivity contribution is 7.14. The number of hydrogen-bond donors (Lipinski definition) is 2. The van der Waals surface area contributed by atoms with Crippen molar-refractivity contribution in [1.29, 1.82) is 0 Å². The van der Waals surface area contributed by atoms with E-state index < -0.39 is 0 Å². The van der Waals surface area contributed by atoms with Crippen molar-refractivity contribution in [1.82, 2.24) is 4.98 Å². The number of rotatable bonds is 5. The van der Waals surface area contributed by atoms with Gasteiger partial charge in [0.05, 0.1) is 12.1 Å². The molecule has 0 unspecified atom stereocenters. The number of thiazole rings is 1. The maximum Gasteiger partial charge on any atom is 0.257 e. The van der Waals surface area contributed by atoms with Crippen LogP contribution in [0.25, 0.3) is 0 Å². The molecule has 132 valence electrons. The van der Waals surface area contributed by atoms with Gasteiger partial charge in [-0.05, 0) is 49.2 Å². The molecule has 2 aromatic carbocycles. The zero-order chi connectivity index (χ0) is 18.5. The van der Waals surface area contributed by atoms with Gasteiger partial charge in [-0.3, -0.25) is 14.9 Å². The third kappa shape index (κ3) is 4.77. The number of carbonyl (C=O) groups is 2. The fourth-order valence-corrected chi connectivity index (χ4v) is 3.33. The highest BCUT2D eigenvalue weighted by Crippen LogP contribution is 2.18. The topological polar surface area (TPSA) is 71.1 Å². The summed E-state index contributed by atoms with van der Waals surface area (Å²) in [5.41, 5.74) is 4.16. The van der Waals surface area contributed by atoms with Crippen LogP contribution in [-0.2, 0) is 11.2 Å². The van der Waals surface area contributed by atoms with Gasteiger partial charge in [0.1, 0.15) is 0 Å². The largest absolute Gasteiger partial charge is 0.326 e. The fraction of sp³-hybridized carbons (Fsp3) is 0.150. The Morgan fingerprint density at radius 2 is 1.69 bits per heavy atom. The number of carbonyl (C=O) groups excluding carboxylic acids is 2. The molecule has 0 spiro atoms. The molecule has 0 bridgehead atoms. The van der Waals surface area contributed by atoms with Crippen molar-refractivity contribution in [2.24, 2.45) is 0 Å². The lowest BCUT2D eigenvalue weighted by Crippen LogP contribution is -2.15. The zero-order valence-corrected chi connectivity index (χ0v) is 15.4. The number of nitrogens with one attached hydrogen (secondary N) is 2. The molecule has 3 rings (SSSR count). The van der Waals surface area contributed by atoms with Crippen molar-refractivity contribution < 1.29 is 9.59 Å². The van der Waals surface area contributed by atoms with Crippen LogP contribution >= 0.6 is 11.3 Å². The van der Waals surface area contributed by atoms with Crippen LogP contribution in [0.1, 0.15) is 27.2 Å². The Morgan fingerprint density at radius 1 is 1.00 bits per heavy atom. The van der Waals surface area contributed by atoms with Gasteiger partial charge in [0.15, 0.2) is 5.13 Å². The molecular weight excluding hydrogens is 346 g/mol. The third-order valence-electron chi connectivity index (χ3n) is 3.66. The van der Waals surface area contributed by atoms with Crippen molar-refractivity contribution in [3.63, 3.8) is 0 Å². The van der Waals surface area contributed by atoms with Crippen LogP contribution < -0.4 is 10.6 Å². The second-order valence-electron chi connectivity index (χ2n) is 6.07. The predicted octanol–water partition coefficient (Wildman–Crippen LogP) is 4.19. The van der Waals surface area contributed by atoms with Crippen LogP contribution in [0.4, 0.5) is 10.8 Å². The molecule has 5 nitrogen and oxygen atoms in total. The van der Waals surface area contributed by atoms with Crippen molar-refractivity contribution in [3.05, 3.63) is 76.3 Å². The number of nitrogens with zero attached hydrogens (tertiary/aromatic N) is 1. The lowest BCUT2D eigenvalue weighted by molar-refractivity contribution is -0.115. The van der Waals surface area contributed by atoms with Crippen molar-refractivity contribution in [3.8, 4) is 0 Å². The highest BCUT2D eigenvalue weighted by atomic mass is 32.1. The van der Waals surface area contributed by atoms with Gasteiger partial charge in [-0.1, -0.05) is 24.3 Å². The van der Waals surface area contributed by atoms with E-state index in [1.165, 1.54) is 11.3 Å². The average molecular weight is 365 g/mol. The van der Waals surface area contributed by atoms with Gasteiger partial charge in [-0.25, -0.2) is 4.98 Å². The first-order valence-corrected chi connectivity index (χ1v) is 9.06. The van der Waals surface area contributed by atoms with E-state index in [1.807, 2.05) is 32.0 Å². The minimum Gasteiger partial charge on any atom is -0.326 e. The van der Waals surface area contributed by atoms with Gasteiger partial charge in [0.2, 0.25) is 5.91 Å². The molecule has 0 aliphatic heterocycles. The molecule has 0 fully saturated rings. The van der Waals surface area contributed by atoms with Crippen LogP contribution in [0.5, 0.6) is 0 Å². The number of anilines is 2. The number of amides is 2. The van der Waals surface area contributed by atoms with Crippen LogP contribution in [0, 0.1) is 13.8 Å². The molecule has 1 heterocycles. The van der Waals surface area contributed by atoms with Gasteiger partial charge in [-0.2, -0.15) is 0 Å². The molecule has 26 heavy (non-hydrogen) atoms. The Kier molecular flexibility index (Phi) is 5.43. The quantitative estimate of drug-likeness (QED) is 0.712. The molecular formula is C20H19N3O2S. The lowest BCUT2D eigenvalue weighted by Gasteiger charge is -2.06. The van der Waals surface area contributed by atoms with Gasteiger partial charge in [0, 0.05) is 16.6 Å². The number of hydrogen-bond acceptors (Lipinski definition) is 4. The Balaban J connectivity index is 1.59. The first-order valence-electron chi connectivity index (χ1n) is 8.18. The van der Waals surface area contributed by atoms with E-state index >= 15 is 0 Å². The maximum absolute atomic E-state index is 12.2. The monoisotopic (exact) mass is 365 g/mol. The molecule has 0 saturated heterocycles. The van der Waals surface area contributed by atoms with Gasteiger partial charge < -0.3 is 5.32 Å². The summed E-state index contributed by atoms with van der Waals surface area (Å²) in [6.07, 6.45) is 0.157. The second-order valence-corrected chi connectivity index (χ2v) is 6.92. The van der Waals surface area contributed by atoms with Crippen LogP contribution in [0.2, 0.25) is 0 Å². The standard InChI is InChI=1S/C20H19N3O2S/c1-13-8-14(2)10-16(9-13)21-18(24)11-17-12-26-20(22-17)23-19(25)15-6-4-3-5-7-15/h3-10,12H,11H2,1-2H3,(H,21,24)(H,22,23,25). The first-order chi connectivity index (χ1) is 12.5. The Hall–Kier alpha value is -2.99. The van der Waals surface area contributed by atoms with E-state index in [9.17, 15) is 9.59 Å². The van der Waals surface area contributed by atoms with E-state index in [-0.39, 0.29) is 18.2 Å². The molecule has 2 N–H and O–H groups in total.